The molecule has 1 N–H and O–H groups in total. The van der Waals surface area contributed by atoms with Gasteiger partial charge in [-0.1, -0.05) is 56.0 Å². The number of aliphatic hydroxyl groups excluding tert-OH is 1. The topological polar surface area (TPSA) is 36.6 Å². The van der Waals surface area contributed by atoms with Crippen molar-refractivity contribution in [2.24, 2.45) is 0 Å². The number of hydrogen-bond acceptors (Lipinski definition) is 3. The van der Waals surface area contributed by atoms with Crippen molar-refractivity contribution in [3.05, 3.63) is 124 Å². The normalized spacial score (nSPS) is 17.1. The Balaban J connectivity index is 0.000000640. The van der Waals surface area contributed by atoms with E-state index in [0.29, 0.717) is 6.54 Å². The molecule has 35 heavy (non-hydrogen) atoms. The van der Waals surface area contributed by atoms with Crippen LogP contribution in [-0.2, 0) is 17.1 Å². The predicted octanol–water partition coefficient (Wildman–Crippen LogP) is 6.36. The van der Waals surface area contributed by atoms with Gasteiger partial charge in [0.05, 0.1) is 18.9 Å². The van der Waals surface area contributed by atoms with E-state index in [-0.39, 0.29) is 35.8 Å². The molecule has 0 saturated heterocycles. The van der Waals surface area contributed by atoms with Gasteiger partial charge in [-0.2, -0.15) is 0 Å². The maximum atomic E-state index is 10.3. The van der Waals surface area contributed by atoms with Crippen molar-refractivity contribution >= 4 is 0 Å². The predicted molar refractivity (Wildman–Crippen MR) is 138 cm³/mol. The van der Waals surface area contributed by atoms with E-state index in [1.54, 1.807) is 6.26 Å². The fraction of sp³-hybridized carbons (Fsp3) is 0.290. The summed E-state index contributed by atoms with van der Waals surface area (Å²) >= 11 is 0. The van der Waals surface area contributed by atoms with E-state index in [0.717, 1.165) is 24.2 Å². The Morgan fingerprint density at radius 3 is 2.14 bits per heavy atom. The Morgan fingerprint density at radius 2 is 1.57 bits per heavy atom. The summed E-state index contributed by atoms with van der Waals surface area (Å²) in [6.07, 6.45) is 24.4. The van der Waals surface area contributed by atoms with Crippen LogP contribution in [0.1, 0.15) is 56.0 Å². The molecule has 0 amide bonds. The summed E-state index contributed by atoms with van der Waals surface area (Å²) < 4.78 is 5.78. The zero-order valence-corrected chi connectivity index (χ0v) is 21.5. The first kappa shape index (κ1) is 29.7. The third-order valence-corrected chi connectivity index (χ3v) is 5.70. The second-order valence-corrected chi connectivity index (χ2v) is 8.23. The van der Waals surface area contributed by atoms with E-state index >= 15 is 0 Å². The van der Waals surface area contributed by atoms with Crippen molar-refractivity contribution in [2.75, 3.05) is 13.2 Å². The van der Waals surface area contributed by atoms with Gasteiger partial charge in [-0.3, -0.25) is 4.90 Å². The van der Waals surface area contributed by atoms with Crippen LogP contribution in [0.2, 0.25) is 0 Å². The first-order valence-electron chi connectivity index (χ1n) is 12.1. The van der Waals surface area contributed by atoms with Gasteiger partial charge < -0.3 is 9.52 Å². The summed E-state index contributed by atoms with van der Waals surface area (Å²) in [5, 5.41) is 10.3. The van der Waals surface area contributed by atoms with Crippen LogP contribution in [0.3, 0.4) is 0 Å². The van der Waals surface area contributed by atoms with Crippen molar-refractivity contribution in [1.29, 1.82) is 0 Å². The molecule has 1 aromatic heterocycles. The molecular weight excluding hydrogens is 474 g/mol. The summed E-state index contributed by atoms with van der Waals surface area (Å²) in [5.41, 5.74) is 1.07. The standard InChI is InChI=1S/C26H30NO2.C5H5.Fe/c1-2-3-4-5-9-17-24(26-18-12-19-29-26)27(20-22-13-10-11-14-22)25(21-28)23-15-7-6-8-16-23;1-2-4-5-3-1;/h6-8,10-16,18-19,24-25,28H,2-5,20-21H2,1H3;1-5H;/q;;+2/t24-,25-;;/m0../s1. The van der Waals surface area contributed by atoms with Gasteiger partial charge in [-0.15, -0.1) is 5.92 Å². The number of hydrogen-bond donors (Lipinski definition) is 1. The molecule has 0 aliphatic heterocycles. The third kappa shape index (κ3) is 10.2. The van der Waals surface area contributed by atoms with Crippen molar-refractivity contribution < 1.29 is 26.6 Å². The average molecular weight is 509 g/mol. The van der Waals surface area contributed by atoms with Gasteiger partial charge in [-0.05, 0) is 87.8 Å². The second-order valence-electron chi connectivity index (χ2n) is 8.23. The minimum absolute atomic E-state index is 0. The molecule has 2 aromatic rings. The molecule has 182 valence electrons. The van der Waals surface area contributed by atoms with Crippen LogP contribution in [0.4, 0.5) is 0 Å². The number of unbranched alkanes of at least 4 members (excludes halogenated alkanes) is 3. The Bertz CT molecular complexity index is 809. The third-order valence-electron chi connectivity index (χ3n) is 5.70. The molecule has 0 spiro atoms. The molecule has 4 heteroatoms. The van der Waals surface area contributed by atoms with Crippen LogP contribution in [0.25, 0.3) is 0 Å². The first-order chi connectivity index (χ1) is 16.8. The molecule has 2 atom stereocenters. The fourth-order valence-electron chi connectivity index (χ4n) is 3.91. The van der Waals surface area contributed by atoms with E-state index in [4.69, 9.17) is 4.42 Å². The molecule has 2 aliphatic carbocycles. The molecule has 10 radical (unpaired) electrons. The number of furan rings is 1. The van der Waals surface area contributed by atoms with Gasteiger partial charge in [0.1, 0.15) is 11.8 Å². The molecule has 2 aliphatic rings. The van der Waals surface area contributed by atoms with Crippen LogP contribution >= 0.6 is 0 Å². The smallest absolute Gasteiger partial charge is 0.467 e. The first-order valence-corrected chi connectivity index (χ1v) is 12.1. The van der Waals surface area contributed by atoms with E-state index in [2.05, 4.69) is 48.6 Å². The molecule has 3 nitrogen and oxygen atoms in total. The second kappa shape index (κ2) is 17.9. The Labute approximate surface area is 224 Å². The zero-order valence-electron chi connectivity index (χ0n) is 20.4. The van der Waals surface area contributed by atoms with E-state index in [9.17, 15) is 5.11 Å². The Hall–Kier alpha value is -1.50. The van der Waals surface area contributed by atoms with Crippen LogP contribution in [0.15, 0.2) is 53.1 Å². The van der Waals surface area contributed by atoms with Crippen molar-refractivity contribution in [1.82, 2.24) is 4.90 Å². The molecule has 1 aromatic carbocycles. The van der Waals surface area contributed by atoms with Crippen molar-refractivity contribution in [3.8, 4) is 11.8 Å². The van der Waals surface area contributed by atoms with E-state index < -0.39 is 0 Å². The van der Waals surface area contributed by atoms with Gasteiger partial charge in [0.2, 0.25) is 0 Å². The Kier molecular flexibility index (Phi) is 15.2. The summed E-state index contributed by atoms with van der Waals surface area (Å²) in [5.74, 6) is 8.83. The minimum atomic E-state index is -0.223. The van der Waals surface area contributed by atoms with Crippen LogP contribution in [0, 0.1) is 75.5 Å². The van der Waals surface area contributed by atoms with Crippen molar-refractivity contribution in [3.63, 3.8) is 0 Å². The maximum Gasteiger partial charge on any atom is 2.00 e. The fourth-order valence-corrected chi connectivity index (χ4v) is 3.91. The summed E-state index contributed by atoms with van der Waals surface area (Å²) in [4.78, 5) is 2.25. The summed E-state index contributed by atoms with van der Waals surface area (Å²) in [7, 11) is 0. The van der Waals surface area contributed by atoms with Crippen LogP contribution < -0.4 is 0 Å². The zero-order chi connectivity index (χ0) is 23.8. The average Bonchev–Trinajstić information content (AvgIpc) is 3.67. The number of aliphatic hydroxyl groups is 1. The molecular formula is C31H35FeNO2+2. The van der Waals surface area contributed by atoms with Crippen LogP contribution in [-0.4, -0.2) is 23.2 Å². The molecule has 0 bridgehead atoms. The number of rotatable bonds is 10. The Morgan fingerprint density at radius 1 is 0.886 bits per heavy atom. The summed E-state index contributed by atoms with van der Waals surface area (Å²) in [6, 6.07) is 13.6. The SMILES string of the molecule is CCCCCC#C[C@@H](c1ccco1)N(C[C]1[CH][CH][CH][CH]1)[C@@H](CO)c1ccccc1.[CH]1[CH][CH][CH][CH]1.[Fe+2]. The molecule has 2 saturated carbocycles. The van der Waals surface area contributed by atoms with Gasteiger partial charge >= 0.3 is 17.1 Å². The minimum Gasteiger partial charge on any atom is -0.467 e. The quantitative estimate of drug-likeness (QED) is 0.230. The van der Waals surface area contributed by atoms with E-state index in [1.807, 2.05) is 75.3 Å². The molecule has 4 rings (SSSR count). The van der Waals surface area contributed by atoms with Gasteiger partial charge in [0.15, 0.2) is 0 Å². The number of benzene rings is 1. The maximum absolute atomic E-state index is 10.3. The van der Waals surface area contributed by atoms with Gasteiger partial charge in [0.25, 0.3) is 0 Å². The van der Waals surface area contributed by atoms with Crippen molar-refractivity contribution in [2.45, 2.75) is 44.7 Å². The van der Waals surface area contributed by atoms with Gasteiger partial charge in [0, 0.05) is 13.0 Å². The molecule has 2 fully saturated rings. The van der Waals surface area contributed by atoms with Gasteiger partial charge in [-0.25, -0.2) is 0 Å². The largest absolute Gasteiger partial charge is 2.00 e. The van der Waals surface area contributed by atoms with Crippen LogP contribution in [0.5, 0.6) is 0 Å². The molecule has 1 heterocycles. The monoisotopic (exact) mass is 509 g/mol. The summed E-state index contributed by atoms with van der Waals surface area (Å²) in [6.45, 7) is 2.90. The number of nitrogens with zero attached hydrogens (tertiary/aromatic N) is 1. The van der Waals surface area contributed by atoms with E-state index in [1.165, 1.54) is 18.8 Å². The molecule has 0 unspecified atom stereocenters.